The highest BCUT2D eigenvalue weighted by atomic mass is 16.7. The van der Waals surface area contributed by atoms with Crippen molar-refractivity contribution < 1.29 is 33.2 Å². The minimum Gasteiger partial charge on any atom is -0.457 e. The normalized spacial score (nSPS) is 19.7. The van der Waals surface area contributed by atoms with Crippen LogP contribution >= 0.6 is 0 Å². The van der Waals surface area contributed by atoms with E-state index in [9.17, 15) is 10.3 Å². The van der Waals surface area contributed by atoms with Gasteiger partial charge in [-0.05, 0) is 22.2 Å². The number of hydrogen-bond donors (Lipinski definition) is 0. The molecular formula is C29H31N3O7. The largest absolute Gasteiger partial charge is 0.457 e. The van der Waals surface area contributed by atoms with Gasteiger partial charge in [-0.1, -0.05) is 96.1 Å². The summed E-state index contributed by atoms with van der Waals surface area (Å²) in [4.78, 5) is 15.8. The summed E-state index contributed by atoms with van der Waals surface area (Å²) in [6.07, 6.45) is -3.01. The molecule has 1 aliphatic heterocycles. The Labute approximate surface area is 227 Å². The Morgan fingerprint density at radius 1 is 0.846 bits per heavy atom. The van der Waals surface area contributed by atoms with Crippen LogP contribution in [-0.4, -0.2) is 64.7 Å². The van der Waals surface area contributed by atoms with Crippen LogP contribution in [0.15, 0.2) is 96.1 Å². The Balaban J connectivity index is 1.74. The summed E-state index contributed by atoms with van der Waals surface area (Å²) in [6, 6.07) is 28.4. The minimum absolute atomic E-state index is 0.107. The fourth-order valence-corrected chi connectivity index (χ4v) is 4.74. The second kappa shape index (κ2) is 13.9. The molecule has 1 heterocycles. The molecule has 10 heteroatoms. The van der Waals surface area contributed by atoms with Crippen molar-refractivity contribution in [2.75, 3.05) is 34.4 Å². The van der Waals surface area contributed by atoms with Gasteiger partial charge in [-0.15, -0.1) is 0 Å². The highest BCUT2D eigenvalue weighted by molar-refractivity contribution is 5.78. The second-order valence-electron chi connectivity index (χ2n) is 8.80. The zero-order valence-corrected chi connectivity index (χ0v) is 21.8. The van der Waals surface area contributed by atoms with E-state index in [0.717, 1.165) is 16.7 Å². The molecule has 0 amide bonds. The number of nitrogens with zero attached hydrogens (tertiary/aromatic N) is 3. The fourth-order valence-electron chi connectivity index (χ4n) is 4.74. The van der Waals surface area contributed by atoms with Crippen molar-refractivity contribution in [3.05, 3.63) is 118 Å². The van der Waals surface area contributed by atoms with Crippen LogP contribution in [0.4, 0.5) is 0 Å². The van der Waals surface area contributed by atoms with Gasteiger partial charge in [0.25, 0.3) is 0 Å². The van der Waals surface area contributed by atoms with Crippen molar-refractivity contribution >= 4 is 5.97 Å². The Kier molecular flexibility index (Phi) is 10.0. The van der Waals surface area contributed by atoms with Gasteiger partial charge in [0, 0.05) is 19.1 Å². The molecule has 4 rings (SSSR count). The van der Waals surface area contributed by atoms with Gasteiger partial charge >= 0.3 is 5.97 Å². The van der Waals surface area contributed by atoms with Gasteiger partial charge < -0.3 is 28.4 Å². The number of ether oxygens (including phenoxy) is 6. The SMILES string of the molecule is COCO[C@@H]1[C@@H]([C@@H](COC(c2ccccc2)(c2ccccc2)c2ccccc2)N=[N+]=[N-])OC(=O)[C@H]1OCOC. The van der Waals surface area contributed by atoms with Crippen LogP contribution in [0.5, 0.6) is 0 Å². The highest BCUT2D eigenvalue weighted by Crippen LogP contribution is 2.41. The molecule has 0 spiro atoms. The lowest BCUT2D eigenvalue weighted by Crippen LogP contribution is -2.45. The molecule has 0 unspecified atom stereocenters. The molecule has 3 aromatic rings. The molecular weight excluding hydrogens is 502 g/mol. The molecule has 204 valence electrons. The van der Waals surface area contributed by atoms with Gasteiger partial charge in [0.2, 0.25) is 0 Å². The number of carbonyl (C=O) groups is 1. The summed E-state index contributed by atoms with van der Waals surface area (Å²) >= 11 is 0. The lowest BCUT2D eigenvalue weighted by molar-refractivity contribution is -0.163. The molecule has 0 bridgehead atoms. The van der Waals surface area contributed by atoms with E-state index in [-0.39, 0.29) is 20.2 Å². The van der Waals surface area contributed by atoms with Gasteiger partial charge in [0.05, 0.1) is 6.61 Å². The molecule has 1 aliphatic rings. The third kappa shape index (κ3) is 6.29. The summed E-state index contributed by atoms with van der Waals surface area (Å²) in [5.74, 6) is -0.656. The summed E-state index contributed by atoms with van der Waals surface area (Å²) in [7, 11) is 2.90. The van der Waals surface area contributed by atoms with Crippen LogP contribution in [0.3, 0.4) is 0 Å². The van der Waals surface area contributed by atoms with E-state index in [1.165, 1.54) is 14.2 Å². The molecule has 0 aliphatic carbocycles. The van der Waals surface area contributed by atoms with E-state index in [0.29, 0.717) is 0 Å². The molecule has 0 saturated carbocycles. The molecule has 3 aromatic carbocycles. The molecule has 1 fully saturated rings. The fraction of sp³-hybridized carbons (Fsp3) is 0.345. The van der Waals surface area contributed by atoms with Crippen LogP contribution in [0.1, 0.15) is 16.7 Å². The molecule has 10 nitrogen and oxygen atoms in total. The first-order valence-electron chi connectivity index (χ1n) is 12.4. The third-order valence-electron chi connectivity index (χ3n) is 6.44. The first-order chi connectivity index (χ1) is 19.2. The standard InChI is InChI=1S/C29H31N3O7/c1-34-19-36-26-25(39-28(33)27(26)37-20-35-2)24(31-32-30)18-38-29(21-12-6-3-7-13-21,22-14-8-4-9-15-22)23-16-10-5-11-17-23/h3-17,24-27H,18-20H2,1-2H3/t24-,25-,26-,27+/m1/s1. The van der Waals surface area contributed by atoms with E-state index in [1.54, 1.807) is 0 Å². The molecule has 0 radical (unpaired) electrons. The van der Waals surface area contributed by atoms with Gasteiger partial charge in [0.1, 0.15) is 37.4 Å². The van der Waals surface area contributed by atoms with E-state index >= 15 is 0 Å². The van der Waals surface area contributed by atoms with Crippen molar-refractivity contribution in [2.45, 2.75) is 30.0 Å². The van der Waals surface area contributed by atoms with Gasteiger partial charge in [-0.25, -0.2) is 4.79 Å². The quantitative estimate of drug-likeness (QED) is 0.0743. The Bertz CT molecular complexity index is 1130. The monoisotopic (exact) mass is 533 g/mol. The summed E-state index contributed by atoms with van der Waals surface area (Å²) < 4.78 is 33.8. The van der Waals surface area contributed by atoms with Crippen LogP contribution in [0.25, 0.3) is 10.4 Å². The molecule has 4 atom stereocenters. The maximum Gasteiger partial charge on any atom is 0.338 e. The average Bonchev–Trinajstić information content (AvgIpc) is 3.30. The van der Waals surface area contributed by atoms with Crippen LogP contribution in [0, 0.1) is 0 Å². The van der Waals surface area contributed by atoms with Gasteiger partial charge in [-0.3, -0.25) is 0 Å². The number of esters is 1. The maximum atomic E-state index is 12.7. The van der Waals surface area contributed by atoms with Crippen molar-refractivity contribution in [3.8, 4) is 0 Å². The first kappa shape index (κ1) is 28.3. The van der Waals surface area contributed by atoms with Crippen LogP contribution in [0.2, 0.25) is 0 Å². The third-order valence-corrected chi connectivity index (χ3v) is 6.44. The number of hydrogen-bond acceptors (Lipinski definition) is 8. The lowest BCUT2D eigenvalue weighted by Gasteiger charge is -2.37. The summed E-state index contributed by atoms with van der Waals surface area (Å²) in [5, 5.41) is 3.97. The van der Waals surface area contributed by atoms with Gasteiger partial charge in [-0.2, -0.15) is 0 Å². The number of benzene rings is 3. The Morgan fingerprint density at radius 3 is 1.79 bits per heavy atom. The van der Waals surface area contributed by atoms with Gasteiger partial charge in [0.15, 0.2) is 6.10 Å². The van der Waals surface area contributed by atoms with E-state index in [2.05, 4.69) is 10.0 Å². The average molecular weight is 534 g/mol. The highest BCUT2D eigenvalue weighted by Gasteiger charge is 2.51. The van der Waals surface area contributed by atoms with Crippen molar-refractivity contribution in [1.82, 2.24) is 0 Å². The number of azide groups is 1. The number of rotatable bonds is 14. The molecule has 0 N–H and O–H groups in total. The first-order valence-corrected chi connectivity index (χ1v) is 12.4. The predicted octanol–water partition coefficient (Wildman–Crippen LogP) is 4.58. The van der Waals surface area contributed by atoms with E-state index in [4.69, 9.17) is 28.4 Å². The van der Waals surface area contributed by atoms with Crippen LogP contribution < -0.4 is 0 Å². The summed E-state index contributed by atoms with van der Waals surface area (Å²) in [6.45, 7) is -0.387. The maximum absolute atomic E-state index is 12.7. The van der Waals surface area contributed by atoms with Crippen molar-refractivity contribution in [1.29, 1.82) is 0 Å². The van der Waals surface area contributed by atoms with Crippen LogP contribution in [-0.2, 0) is 38.8 Å². The number of carbonyl (C=O) groups excluding carboxylic acids is 1. The van der Waals surface area contributed by atoms with Crippen molar-refractivity contribution in [3.63, 3.8) is 0 Å². The van der Waals surface area contributed by atoms with E-state index in [1.807, 2.05) is 91.0 Å². The molecule has 1 saturated heterocycles. The number of methoxy groups -OCH3 is 2. The zero-order chi connectivity index (χ0) is 27.5. The smallest absolute Gasteiger partial charge is 0.338 e. The predicted molar refractivity (Wildman–Crippen MR) is 141 cm³/mol. The minimum atomic E-state index is -1.09. The van der Waals surface area contributed by atoms with Crippen molar-refractivity contribution in [2.24, 2.45) is 5.11 Å². The lowest BCUT2D eigenvalue weighted by atomic mass is 9.80. The Morgan fingerprint density at radius 2 is 1.33 bits per heavy atom. The topological polar surface area (TPSA) is 121 Å². The molecule has 0 aromatic heterocycles. The Hall–Kier alpha value is -3.76. The zero-order valence-electron chi connectivity index (χ0n) is 21.8. The molecule has 39 heavy (non-hydrogen) atoms. The number of cyclic esters (lactones) is 1. The van der Waals surface area contributed by atoms with E-state index < -0.39 is 35.9 Å². The summed E-state index contributed by atoms with van der Waals surface area (Å²) in [5.41, 5.74) is 11.0. The second-order valence-corrected chi connectivity index (χ2v) is 8.80.